The van der Waals surface area contributed by atoms with Crippen molar-refractivity contribution in [2.24, 2.45) is 0 Å². The normalized spacial score (nSPS) is 14.3. The summed E-state index contributed by atoms with van der Waals surface area (Å²) < 4.78 is 0. The van der Waals surface area contributed by atoms with Gasteiger partial charge in [0.15, 0.2) is 0 Å². The lowest BCUT2D eigenvalue weighted by atomic mass is 10.2. The van der Waals surface area contributed by atoms with Gasteiger partial charge in [-0.25, -0.2) is 0 Å². The number of benzene rings is 1. The maximum atomic E-state index is 5.58. The molecule has 0 saturated carbocycles. The first-order valence-corrected chi connectivity index (χ1v) is 5.60. The fourth-order valence-corrected chi connectivity index (χ4v) is 2.52. The monoisotopic (exact) mass is 218 g/mol. The molecule has 2 N–H and O–H groups in total. The average Bonchev–Trinajstić information content (AvgIpc) is 2.83. The second-order valence-electron chi connectivity index (χ2n) is 3.45. The number of rotatable bonds is 1. The number of hydrogen-bond donors (Lipinski definition) is 1. The maximum absolute atomic E-state index is 5.58. The third-order valence-corrected chi connectivity index (χ3v) is 3.32. The Balaban J connectivity index is 2.04. The second kappa shape index (κ2) is 3.20. The number of nitrogen functional groups attached to an aromatic ring is 1. The molecule has 0 radical (unpaired) electrons. The second-order valence-corrected chi connectivity index (χ2v) is 4.44. The van der Waals surface area contributed by atoms with Crippen molar-refractivity contribution in [3.63, 3.8) is 0 Å². The van der Waals surface area contributed by atoms with Gasteiger partial charge in [0.2, 0.25) is 10.3 Å². The molecule has 4 nitrogen and oxygen atoms in total. The van der Waals surface area contributed by atoms with Gasteiger partial charge in [-0.05, 0) is 18.1 Å². The van der Waals surface area contributed by atoms with Crippen molar-refractivity contribution in [3.8, 4) is 0 Å². The number of fused-ring (bicyclic) bond motifs is 1. The van der Waals surface area contributed by atoms with E-state index in [9.17, 15) is 0 Å². The lowest BCUT2D eigenvalue weighted by Crippen LogP contribution is -2.12. The Hall–Kier alpha value is -1.62. The number of aromatic nitrogens is 2. The minimum Gasteiger partial charge on any atom is -0.374 e. The highest BCUT2D eigenvalue weighted by Gasteiger charge is 2.22. The van der Waals surface area contributed by atoms with Gasteiger partial charge in [-0.15, -0.1) is 10.2 Å². The van der Waals surface area contributed by atoms with Gasteiger partial charge in [-0.1, -0.05) is 29.5 Å². The maximum Gasteiger partial charge on any atom is 0.214 e. The van der Waals surface area contributed by atoms with Crippen molar-refractivity contribution in [1.29, 1.82) is 0 Å². The topological polar surface area (TPSA) is 55.0 Å². The van der Waals surface area contributed by atoms with Gasteiger partial charge in [0.05, 0.1) is 0 Å². The van der Waals surface area contributed by atoms with E-state index in [1.54, 1.807) is 0 Å². The first-order chi connectivity index (χ1) is 7.34. The summed E-state index contributed by atoms with van der Waals surface area (Å²) in [5.74, 6) is 0. The van der Waals surface area contributed by atoms with Crippen LogP contribution in [0.2, 0.25) is 0 Å². The van der Waals surface area contributed by atoms with Crippen LogP contribution in [0.1, 0.15) is 5.56 Å². The fourth-order valence-electron chi connectivity index (χ4n) is 1.87. The molecule has 76 valence electrons. The van der Waals surface area contributed by atoms with E-state index in [0.29, 0.717) is 5.13 Å². The number of nitrogens with two attached hydrogens (primary N) is 1. The fraction of sp³-hybridized carbons (Fsp3) is 0.200. The van der Waals surface area contributed by atoms with Crippen LogP contribution in [0, 0.1) is 0 Å². The molecule has 3 rings (SSSR count). The molecule has 0 bridgehead atoms. The Labute approximate surface area is 91.4 Å². The molecule has 0 fully saturated rings. The molecule has 0 unspecified atom stereocenters. The third-order valence-electron chi connectivity index (χ3n) is 2.55. The smallest absolute Gasteiger partial charge is 0.214 e. The summed E-state index contributed by atoms with van der Waals surface area (Å²) in [4.78, 5) is 2.17. The molecular weight excluding hydrogens is 208 g/mol. The van der Waals surface area contributed by atoms with E-state index in [2.05, 4.69) is 33.3 Å². The molecular formula is C10H10N4S. The van der Waals surface area contributed by atoms with Crippen molar-refractivity contribution >= 4 is 27.3 Å². The van der Waals surface area contributed by atoms with Crippen LogP contribution in [-0.2, 0) is 6.42 Å². The van der Waals surface area contributed by atoms with Gasteiger partial charge >= 0.3 is 0 Å². The van der Waals surface area contributed by atoms with Gasteiger partial charge in [0.1, 0.15) is 0 Å². The molecule has 15 heavy (non-hydrogen) atoms. The SMILES string of the molecule is Nc1nnc(N2CCc3ccccc32)s1. The van der Waals surface area contributed by atoms with Crippen LogP contribution in [0.15, 0.2) is 24.3 Å². The average molecular weight is 218 g/mol. The number of para-hydroxylation sites is 1. The summed E-state index contributed by atoms with van der Waals surface area (Å²) in [6.07, 6.45) is 1.07. The summed E-state index contributed by atoms with van der Waals surface area (Å²) >= 11 is 1.43. The summed E-state index contributed by atoms with van der Waals surface area (Å²) in [6, 6.07) is 8.37. The quantitative estimate of drug-likeness (QED) is 0.793. The van der Waals surface area contributed by atoms with E-state index in [0.717, 1.165) is 18.1 Å². The van der Waals surface area contributed by atoms with Gasteiger partial charge in [-0.3, -0.25) is 0 Å². The molecule has 1 aliphatic rings. The molecule has 0 saturated heterocycles. The number of nitrogens with zero attached hydrogens (tertiary/aromatic N) is 3. The molecule has 2 heterocycles. The van der Waals surface area contributed by atoms with Crippen LogP contribution in [0.3, 0.4) is 0 Å². The molecule has 0 amide bonds. The van der Waals surface area contributed by atoms with Gasteiger partial charge in [-0.2, -0.15) is 0 Å². The van der Waals surface area contributed by atoms with E-state index in [4.69, 9.17) is 5.73 Å². The van der Waals surface area contributed by atoms with Gasteiger partial charge in [0.25, 0.3) is 0 Å². The van der Waals surface area contributed by atoms with E-state index < -0.39 is 0 Å². The minimum atomic E-state index is 0.523. The summed E-state index contributed by atoms with van der Waals surface area (Å²) in [5.41, 5.74) is 8.18. The molecule has 1 aliphatic heterocycles. The van der Waals surface area contributed by atoms with Crippen LogP contribution in [0.5, 0.6) is 0 Å². The summed E-state index contributed by atoms with van der Waals surface area (Å²) in [7, 11) is 0. The Kier molecular flexibility index (Phi) is 1.85. The van der Waals surface area contributed by atoms with Crippen molar-refractivity contribution in [3.05, 3.63) is 29.8 Å². The first-order valence-electron chi connectivity index (χ1n) is 4.79. The molecule has 0 spiro atoms. The van der Waals surface area contributed by atoms with E-state index >= 15 is 0 Å². The zero-order valence-electron chi connectivity index (χ0n) is 8.05. The van der Waals surface area contributed by atoms with Crippen LogP contribution in [-0.4, -0.2) is 16.7 Å². The van der Waals surface area contributed by atoms with E-state index in [1.807, 2.05) is 6.07 Å². The Bertz CT molecular complexity index is 494. The zero-order valence-corrected chi connectivity index (χ0v) is 8.87. The van der Waals surface area contributed by atoms with Gasteiger partial charge < -0.3 is 10.6 Å². The summed E-state index contributed by atoms with van der Waals surface area (Å²) in [5, 5.41) is 9.31. The predicted molar refractivity (Wildman–Crippen MR) is 61.5 cm³/mol. The van der Waals surface area contributed by atoms with Crippen LogP contribution in [0.4, 0.5) is 16.0 Å². The highest BCUT2D eigenvalue weighted by Crippen LogP contribution is 2.35. The van der Waals surface area contributed by atoms with Crippen molar-refractivity contribution in [2.45, 2.75) is 6.42 Å². The van der Waals surface area contributed by atoms with Crippen molar-refractivity contribution < 1.29 is 0 Å². The van der Waals surface area contributed by atoms with E-state index in [1.165, 1.54) is 22.6 Å². The first kappa shape index (κ1) is 8.67. The Morgan fingerprint density at radius 2 is 2.13 bits per heavy atom. The van der Waals surface area contributed by atoms with Gasteiger partial charge in [0, 0.05) is 12.2 Å². The highest BCUT2D eigenvalue weighted by molar-refractivity contribution is 7.18. The molecule has 5 heteroatoms. The molecule has 2 aromatic rings. The van der Waals surface area contributed by atoms with Crippen LogP contribution in [0.25, 0.3) is 0 Å². The van der Waals surface area contributed by atoms with Crippen molar-refractivity contribution in [1.82, 2.24) is 10.2 Å². The largest absolute Gasteiger partial charge is 0.374 e. The highest BCUT2D eigenvalue weighted by atomic mass is 32.1. The predicted octanol–water partition coefficient (Wildman–Crippen LogP) is 1.81. The molecule has 1 aromatic heterocycles. The van der Waals surface area contributed by atoms with Crippen LogP contribution >= 0.6 is 11.3 Å². The van der Waals surface area contributed by atoms with Crippen molar-refractivity contribution in [2.75, 3.05) is 17.2 Å². The van der Waals surface area contributed by atoms with Crippen LogP contribution < -0.4 is 10.6 Å². The summed E-state index contributed by atoms with van der Waals surface area (Å²) in [6.45, 7) is 0.966. The third kappa shape index (κ3) is 1.35. The molecule has 0 aliphatic carbocycles. The number of anilines is 3. The standard InChI is InChI=1S/C10H10N4S/c11-9-12-13-10(15-9)14-6-5-7-3-1-2-4-8(7)14/h1-4H,5-6H2,(H2,11,12). The lowest BCUT2D eigenvalue weighted by Gasteiger charge is -2.14. The van der Waals surface area contributed by atoms with E-state index in [-0.39, 0.29) is 0 Å². The zero-order chi connectivity index (χ0) is 10.3. The Morgan fingerprint density at radius 1 is 1.27 bits per heavy atom. The number of hydrogen-bond acceptors (Lipinski definition) is 5. The lowest BCUT2D eigenvalue weighted by molar-refractivity contribution is 0.963. The molecule has 1 aromatic carbocycles. The molecule has 0 atom stereocenters. The Morgan fingerprint density at radius 3 is 2.93 bits per heavy atom. The minimum absolute atomic E-state index is 0.523.